The van der Waals surface area contributed by atoms with Crippen molar-refractivity contribution in [3.8, 4) is 5.75 Å². The van der Waals surface area contributed by atoms with Crippen molar-refractivity contribution in [1.82, 2.24) is 4.90 Å². The van der Waals surface area contributed by atoms with Gasteiger partial charge in [-0.25, -0.2) is 0 Å². The number of ether oxygens (including phenoxy) is 1. The monoisotopic (exact) mass is 364 g/mol. The van der Waals surface area contributed by atoms with Gasteiger partial charge in [-0.05, 0) is 43.0 Å². The van der Waals surface area contributed by atoms with Gasteiger partial charge in [0.05, 0.1) is 5.69 Å². The smallest absolute Gasteiger partial charge is 0.262 e. The molecule has 0 radical (unpaired) electrons. The molecule has 1 fully saturated rings. The fourth-order valence-electron chi connectivity index (χ4n) is 4.28. The Morgan fingerprint density at radius 2 is 2.07 bits per heavy atom. The van der Waals surface area contributed by atoms with Crippen molar-refractivity contribution in [2.24, 2.45) is 0 Å². The standard InChI is InChI=1S/C22H24N2O3/c1-2-17(15-7-4-3-5-8-15)19-9-6-12-24(19)22(26)16-10-11-20-18(13-16)23-21(25)14-27-20/h3-5,7-8,10-11,13,17,19H,2,6,9,12,14H2,1H3,(H,23,25). The number of rotatable bonds is 4. The molecule has 2 aromatic carbocycles. The molecule has 27 heavy (non-hydrogen) atoms. The number of carbonyl (C=O) groups excluding carboxylic acids is 2. The van der Waals surface area contributed by atoms with Crippen LogP contribution in [0.4, 0.5) is 5.69 Å². The summed E-state index contributed by atoms with van der Waals surface area (Å²) in [6.07, 6.45) is 3.03. The van der Waals surface area contributed by atoms with Gasteiger partial charge in [0.2, 0.25) is 0 Å². The number of amides is 2. The van der Waals surface area contributed by atoms with Crippen LogP contribution in [-0.2, 0) is 4.79 Å². The van der Waals surface area contributed by atoms with E-state index < -0.39 is 0 Å². The van der Waals surface area contributed by atoms with Gasteiger partial charge in [-0.15, -0.1) is 0 Å². The van der Waals surface area contributed by atoms with E-state index in [0.717, 1.165) is 25.8 Å². The van der Waals surface area contributed by atoms with Gasteiger partial charge in [0.1, 0.15) is 5.75 Å². The molecule has 2 aromatic rings. The van der Waals surface area contributed by atoms with Crippen LogP contribution in [0.25, 0.3) is 0 Å². The average molecular weight is 364 g/mol. The number of nitrogens with one attached hydrogen (secondary N) is 1. The van der Waals surface area contributed by atoms with Crippen molar-refractivity contribution in [3.05, 3.63) is 59.7 Å². The van der Waals surface area contributed by atoms with Crippen LogP contribution in [0.2, 0.25) is 0 Å². The zero-order valence-electron chi connectivity index (χ0n) is 15.5. The third-order valence-electron chi connectivity index (χ3n) is 5.55. The Bertz CT molecular complexity index is 850. The zero-order chi connectivity index (χ0) is 18.8. The summed E-state index contributed by atoms with van der Waals surface area (Å²) >= 11 is 0. The second-order valence-corrected chi connectivity index (χ2v) is 7.18. The van der Waals surface area contributed by atoms with Crippen molar-refractivity contribution >= 4 is 17.5 Å². The Hall–Kier alpha value is -2.82. The van der Waals surface area contributed by atoms with Crippen LogP contribution in [0.3, 0.4) is 0 Å². The lowest BCUT2D eigenvalue weighted by atomic mass is 9.87. The molecule has 0 spiro atoms. The lowest BCUT2D eigenvalue weighted by Crippen LogP contribution is -2.39. The first kappa shape index (κ1) is 17.6. The molecule has 140 valence electrons. The summed E-state index contributed by atoms with van der Waals surface area (Å²) in [4.78, 5) is 26.8. The number of carbonyl (C=O) groups is 2. The van der Waals surface area contributed by atoms with Gasteiger partial charge in [-0.2, -0.15) is 0 Å². The van der Waals surface area contributed by atoms with E-state index in [1.807, 2.05) is 11.0 Å². The maximum Gasteiger partial charge on any atom is 0.262 e. The molecular formula is C22H24N2O3. The lowest BCUT2D eigenvalue weighted by molar-refractivity contribution is -0.118. The fourth-order valence-corrected chi connectivity index (χ4v) is 4.28. The van der Waals surface area contributed by atoms with Crippen LogP contribution in [0.1, 0.15) is 48.0 Å². The van der Waals surface area contributed by atoms with E-state index in [1.54, 1.807) is 18.2 Å². The quantitative estimate of drug-likeness (QED) is 0.897. The van der Waals surface area contributed by atoms with E-state index >= 15 is 0 Å². The molecule has 2 atom stereocenters. The Morgan fingerprint density at radius 3 is 2.85 bits per heavy atom. The Morgan fingerprint density at radius 1 is 1.26 bits per heavy atom. The molecule has 5 heteroatoms. The number of anilines is 1. The highest BCUT2D eigenvalue weighted by Gasteiger charge is 2.35. The Balaban J connectivity index is 1.59. The van der Waals surface area contributed by atoms with Gasteiger partial charge < -0.3 is 15.0 Å². The van der Waals surface area contributed by atoms with Crippen LogP contribution in [0.5, 0.6) is 5.75 Å². The summed E-state index contributed by atoms with van der Waals surface area (Å²) < 4.78 is 5.39. The van der Waals surface area contributed by atoms with Gasteiger partial charge in [0.25, 0.3) is 11.8 Å². The number of benzene rings is 2. The summed E-state index contributed by atoms with van der Waals surface area (Å²) in [5.74, 6) is 0.772. The minimum absolute atomic E-state index is 0.0176. The van der Waals surface area contributed by atoms with E-state index in [0.29, 0.717) is 22.9 Å². The van der Waals surface area contributed by atoms with Crippen LogP contribution in [0.15, 0.2) is 48.5 Å². The molecule has 4 rings (SSSR count). The SMILES string of the molecule is CCC(c1ccccc1)C1CCCN1C(=O)c1ccc2c(c1)NC(=O)CO2. The van der Waals surface area contributed by atoms with E-state index in [-0.39, 0.29) is 24.5 Å². The highest BCUT2D eigenvalue weighted by Crippen LogP contribution is 2.35. The molecule has 0 bridgehead atoms. The number of nitrogens with zero attached hydrogens (tertiary/aromatic N) is 1. The van der Waals surface area contributed by atoms with E-state index in [9.17, 15) is 9.59 Å². The normalized spacial score (nSPS) is 19.8. The molecule has 2 heterocycles. The number of hydrogen-bond acceptors (Lipinski definition) is 3. The summed E-state index contributed by atoms with van der Waals surface area (Å²) in [6, 6.07) is 15.9. The first-order valence-electron chi connectivity index (χ1n) is 9.60. The van der Waals surface area contributed by atoms with Crippen molar-refractivity contribution < 1.29 is 14.3 Å². The van der Waals surface area contributed by atoms with Crippen LogP contribution < -0.4 is 10.1 Å². The lowest BCUT2D eigenvalue weighted by Gasteiger charge is -2.32. The Kier molecular flexibility index (Phi) is 4.84. The number of likely N-dealkylation sites (tertiary alicyclic amines) is 1. The molecule has 0 aromatic heterocycles. The second-order valence-electron chi connectivity index (χ2n) is 7.18. The summed E-state index contributed by atoms with van der Waals surface area (Å²) in [5.41, 5.74) is 2.45. The maximum absolute atomic E-state index is 13.2. The van der Waals surface area contributed by atoms with E-state index in [4.69, 9.17) is 4.74 Å². The summed E-state index contributed by atoms with van der Waals surface area (Å²) in [6.45, 7) is 2.97. The third-order valence-corrected chi connectivity index (χ3v) is 5.55. The molecule has 2 aliphatic heterocycles. The van der Waals surface area contributed by atoms with Crippen molar-refractivity contribution in [2.45, 2.75) is 38.1 Å². The van der Waals surface area contributed by atoms with Crippen molar-refractivity contribution in [1.29, 1.82) is 0 Å². The summed E-state index contributed by atoms with van der Waals surface area (Å²) in [5, 5.41) is 2.78. The highest BCUT2D eigenvalue weighted by molar-refractivity contribution is 6.00. The van der Waals surface area contributed by atoms with Crippen molar-refractivity contribution in [2.75, 3.05) is 18.5 Å². The summed E-state index contributed by atoms with van der Waals surface area (Å²) in [7, 11) is 0. The fraction of sp³-hybridized carbons (Fsp3) is 0.364. The van der Waals surface area contributed by atoms with Gasteiger partial charge in [-0.3, -0.25) is 9.59 Å². The second kappa shape index (κ2) is 7.43. The first-order valence-corrected chi connectivity index (χ1v) is 9.60. The largest absolute Gasteiger partial charge is 0.482 e. The molecular weight excluding hydrogens is 340 g/mol. The predicted molar refractivity (Wildman–Crippen MR) is 104 cm³/mol. The molecule has 0 saturated carbocycles. The van der Waals surface area contributed by atoms with Gasteiger partial charge in [0, 0.05) is 24.1 Å². The van der Waals surface area contributed by atoms with Gasteiger partial charge in [0.15, 0.2) is 6.61 Å². The molecule has 1 saturated heterocycles. The first-order chi connectivity index (χ1) is 13.2. The molecule has 2 unspecified atom stereocenters. The molecule has 2 aliphatic rings. The predicted octanol–water partition coefficient (Wildman–Crippen LogP) is 3.82. The maximum atomic E-state index is 13.2. The minimum atomic E-state index is -0.193. The zero-order valence-corrected chi connectivity index (χ0v) is 15.5. The average Bonchev–Trinajstić information content (AvgIpc) is 3.17. The van der Waals surface area contributed by atoms with Crippen LogP contribution in [-0.4, -0.2) is 35.9 Å². The van der Waals surface area contributed by atoms with E-state index in [1.165, 1.54) is 5.56 Å². The van der Waals surface area contributed by atoms with Crippen LogP contribution in [0, 0.1) is 0 Å². The molecule has 1 N–H and O–H groups in total. The molecule has 5 nitrogen and oxygen atoms in total. The minimum Gasteiger partial charge on any atom is -0.482 e. The Labute approximate surface area is 159 Å². The number of hydrogen-bond donors (Lipinski definition) is 1. The van der Waals surface area contributed by atoms with Crippen LogP contribution >= 0.6 is 0 Å². The van der Waals surface area contributed by atoms with Gasteiger partial charge >= 0.3 is 0 Å². The molecule has 2 amide bonds. The van der Waals surface area contributed by atoms with Crippen molar-refractivity contribution in [3.63, 3.8) is 0 Å². The van der Waals surface area contributed by atoms with Gasteiger partial charge in [-0.1, -0.05) is 37.3 Å². The molecule has 0 aliphatic carbocycles. The third kappa shape index (κ3) is 3.42. The highest BCUT2D eigenvalue weighted by atomic mass is 16.5. The number of fused-ring (bicyclic) bond motifs is 1. The van der Waals surface area contributed by atoms with E-state index in [2.05, 4.69) is 36.5 Å². The topological polar surface area (TPSA) is 58.6 Å².